The van der Waals surface area contributed by atoms with Crippen LogP contribution in [-0.4, -0.2) is 18.4 Å². The number of hydrogen-bond acceptors (Lipinski definition) is 3. The van der Waals surface area contributed by atoms with Gasteiger partial charge in [0.05, 0.1) is 6.61 Å². The smallest absolute Gasteiger partial charge is 0.305 e. The highest BCUT2D eigenvalue weighted by molar-refractivity contribution is 5.78. The van der Waals surface area contributed by atoms with E-state index < -0.39 is 0 Å². The van der Waals surface area contributed by atoms with Crippen LogP contribution in [0, 0.1) is 0 Å². The number of ether oxygens (including phenoxy) is 1. The summed E-state index contributed by atoms with van der Waals surface area (Å²) >= 11 is 0. The Balaban J connectivity index is 3.23. The van der Waals surface area contributed by atoms with Crippen molar-refractivity contribution in [1.82, 2.24) is 0 Å². The maximum atomic E-state index is 12.2. The Labute approximate surface area is 296 Å². The number of hydrogen-bond donors (Lipinski definition) is 0. The third-order valence-corrected chi connectivity index (χ3v) is 10.2. The SMILES string of the molecule is CCCCCCCCCCCCCCCCCC(=O)CCCCCCCCCCOC(=O)CCCCCCCCCCCCCCC. The first kappa shape index (κ1) is 46.1. The lowest BCUT2D eigenvalue weighted by Crippen LogP contribution is -2.05. The van der Waals surface area contributed by atoms with Crippen molar-refractivity contribution in [2.75, 3.05) is 6.61 Å². The van der Waals surface area contributed by atoms with E-state index in [1.54, 1.807) is 0 Å². The molecule has 0 aliphatic heterocycles. The third-order valence-electron chi connectivity index (χ3n) is 10.2. The molecular weight excluding hydrogens is 576 g/mol. The van der Waals surface area contributed by atoms with Crippen LogP contribution in [0.15, 0.2) is 0 Å². The average molecular weight is 663 g/mol. The molecule has 0 spiro atoms. The zero-order valence-corrected chi connectivity index (χ0v) is 32.5. The molecule has 3 nitrogen and oxygen atoms in total. The first-order valence-corrected chi connectivity index (χ1v) is 21.9. The second kappa shape index (κ2) is 41.3. The first-order chi connectivity index (χ1) is 23.2. The van der Waals surface area contributed by atoms with Crippen LogP contribution in [0.25, 0.3) is 0 Å². The molecule has 0 heterocycles. The minimum Gasteiger partial charge on any atom is -0.466 e. The van der Waals surface area contributed by atoms with Crippen molar-refractivity contribution < 1.29 is 14.3 Å². The number of carbonyl (C=O) groups is 2. The van der Waals surface area contributed by atoms with Gasteiger partial charge in [-0.3, -0.25) is 9.59 Å². The van der Waals surface area contributed by atoms with Gasteiger partial charge in [0.25, 0.3) is 0 Å². The van der Waals surface area contributed by atoms with Gasteiger partial charge < -0.3 is 4.74 Å². The van der Waals surface area contributed by atoms with E-state index in [0.717, 1.165) is 44.9 Å². The third kappa shape index (κ3) is 41.2. The van der Waals surface area contributed by atoms with Crippen molar-refractivity contribution in [3.8, 4) is 0 Å². The van der Waals surface area contributed by atoms with Crippen molar-refractivity contribution in [3.63, 3.8) is 0 Å². The molecule has 0 atom stereocenters. The van der Waals surface area contributed by atoms with Crippen molar-refractivity contribution in [1.29, 1.82) is 0 Å². The Morgan fingerprint density at radius 2 is 0.532 bits per heavy atom. The molecule has 280 valence electrons. The molecule has 0 aromatic carbocycles. The lowest BCUT2D eigenvalue weighted by Gasteiger charge is -2.06. The quantitative estimate of drug-likeness (QED) is 0.0483. The zero-order valence-electron chi connectivity index (χ0n) is 32.5. The minimum absolute atomic E-state index is 0.00204. The molecular formula is C44H86O3. The van der Waals surface area contributed by atoms with Crippen LogP contribution in [0.1, 0.15) is 264 Å². The van der Waals surface area contributed by atoms with Crippen LogP contribution < -0.4 is 0 Å². The topological polar surface area (TPSA) is 43.4 Å². The fourth-order valence-electron chi connectivity index (χ4n) is 6.85. The summed E-state index contributed by atoms with van der Waals surface area (Å²) in [5, 5.41) is 0. The molecule has 0 unspecified atom stereocenters. The molecule has 0 amide bonds. The van der Waals surface area contributed by atoms with Crippen molar-refractivity contribution in [2.45, 2.75) is 264 Å². The van der Waals surface area contributed by atoms with Gasteiger partial charge in [-0.15, -0.1) is 0 Å². The molecule has 0 saturated carbocycles. The van der Waals surface area contributed by atoms with Crippen molar-refractivity contribution >= 4 is 11.8 Å². The fourth-order valence-corrected chi connectivity index (χ4v) is 6.85. The normalized spacial score (nSPS) is 11.4. The molecule has 0 rings (SSSR count). The van der Waals surface area contributed by atoms with E-state index >= 15 is 0 Å². The van der Waals surface area contributed by atoms with Gasteiger partial charge in [-0.1, -0.05) is 219 Å². The lowest BCUT2D eigenvalue weighted by atomic mass is 10.0. The standard InChI is InChI=1S/C44H86O3/c1-3-5-7-9-11-13-15-17-18-20-21-23-27-31-35-39-43(45)40-36-32-28-25-26-30-34-38-42-47-44(46)41-37-33-29-24-22-19-16-14-12-10-8-6-4-2/h3-42H2,1-2H3. The Morgan fingerprint density at radius 3 is 0.830 bits per heavy atom. The van der Waals surface area contributed by atoms with Crippen molar-refractivity contribution in [2.24, 2.45) is 0 Å². The fraction of sp³-hybridized carbons (Fsp3) is 0.955. The number of ketones is 1. The second-order valence-electron chi connectivity index (χ2n) is 15.0. The number of rotatable bonds is 41. The van der Waals surface area contributed by atoms with Crippen LogP contribution >= 0.6 is 0 Å². The molecule has 0 fully saturated rings. The maximum Gasteiger partial charge on any atom is 0.305 e. The van der Waals surface area contributed by atoms with Crippen LogP contribution in [0.5, 0.6) is 0 Å². The molecule has 0 radical (unpaired) electrons. The van der Waals surface area contributed by atoms with E-state index in [1.807, 2.05) is 0 Å². The summed E-state index contributed by atoms with van der Waals surface area (Å²) in [5.41, 5.74) is 0. The Morgan fingerprint density at radius 1 is 0.298 bits per heavy atom. The predicted octanol–water partition coefficient (Wildman–Crippen LogP) is 15.4. The number of esters is 1. The summed E-state index contributed by atoms with van der Waals surface area (Å²) in [6, 6.07) is 0. The summed E-state index contributed by atoms with van der Waals surface area (Å²) in [6.07, 6.45) is 49.6. The van der Waals surface area contributed by atoms with Crippen LogP contribution in [0.4, 0.5) is 0 Å². The molecule has 3 heteroatoms. The van der Waals surface area contributed by atoms with E-state index in [-0.39, 0.29) is 5.97 Å². The maximum absolute atomic E-state index is 12.2. The number of Topliss-reactive ketones (excluding diaryl/α,β-unsaturated/α-hetero) is 1. The van der Waals surface area contributed by atoms with E-state index in [1.165, 1.54) is 199 Å². The summed E-state index contributed by atoms with van der Waals surface area (Å²) in [4.78, 5) is 24.2. The second-order valence-corrected chi connectivity index (χ2v) is 15.0. The summed E-state index contributed by atoms with van der Waals surface area (Å²) in [6.45, 7) is 5.17. The predicted molar refractivity (Wildman–Crippen MR) is 207 cm³/mol. The number of carbonyl (C=O) groups excluding carboxylic acids is 2. The van der Waals surface area contributed by atoms with E-state index in [9.17, 15) is 9.59 Å². The molecule has 0 aromatic heterocycles. The number of unbranched alkanes of at least 4 members (excludes halogenated alkanes) is 33. The lowest BCUT2D eigenvalue weighted by molar-refractivity contribution is -0.143. The molecule has 0 aromatic rings. The van der Waals surface area contributed by atoms with E-state index in [4.69, 9.17) is 4.74 Å². The zero-order chi connectivity index (χ0) is 34.1. The Hall–Kier alpha value is -0.860. The van der Waals surface area contributed by atoms with E-state index in [2.05, 4.69) is 13.8 Å². The summed E-state index contributed by atoms with van der Waals surface area (Å²) < 4.78 is 5.44. The van der Waals surface area contributed by atoms with Crippen LogP contribution in [0.3, 0.4) is 0 Å². The highest BCUT2D eigenvalue weighted by atomic mass is 16.5. The van der Waals surface area contributed by atoms with Gasteiger partial charge in [-0.25, -0.2) is 0 Å². The molecule has 0 aliphatic rings. The van der Waals surface area contributed by atoms with Gasteiger partial charge >= 0.3 is 5.97 Å². The molecule has 0 bridgehead atoms. The summed E-state index contributed by atoms with van der Waals surface area (Å²) in [5.74, 6) is 0.491. The van der Waals surface area contributed by atoms with Crippen LogP contribution in [-0.2, 0) is 14.3 Å². The van der Waals surface area contributed by atoms with Gasteiger partial charge in [0, 0.05) is 19.3 Å². The Bertz CT molecular complexity index is 615. The highest BCUT2D eigenvalue weighted by Gasteiger charge is 2.04. The average Bonchev–Trinajstić information content (AvgIpc) is 3.07. The Kier molecular flexibility index (Phi) is 40.6. The monoisotopic (exact) mass is 663 g/mol. The molecule has 47 heavy (non-hydrogen) atoms. The van der Waals surface area contributed by atoms with Gasteiger partial charge in [-0.05, 0) is 25.7 Å². The largest absolute Gasteiger partial charge is 0.466 e. The minimum atomic E-state index is 0.00204. The molecule has 0 N–H and O–H groups in total. The van der Waals surface area contributed by atoms with Gasteiger partial charge in [0.2, 0.25) is 0 Å². The first-order valence-electron chi connectivity index (χ1n) is 21.9. The molecule has 0 aliphatic carbocycles. The van der Waals surface area contributed by atoms with Crippen molar-refractivity contribution in [3.05, 3.63) is 0 Å². The van der Waals surface area contributed by atoms with Gasteiger partial charge in [-0.2, -0.15) is 0 Å². The van der Waals surface area contributed by atoms with E-state index in [0.29, 0.717) is 18.8 Å². The highest BCUT2D eigenvalue weighted by Crippen LogP contribution is 2.16. The summed E-state index contributed by atoms with van der Waals surface area (Å²) in [7, 11) is 0. The molecule has 0 saturated heterocycles. The van der Waals surface area contributed by atoms with Gasteiger partial charge in [0.1, 0.15) is 5.78 Å². The van der Waals surface area contributed by atoms with Crippen LogP contribution in [0.2, 0.25) is 0 Å². The van der Waals surface area contributed by atoms with Gasteiger partial charge in [0.15, 0.2) is 0 Å².